The van der Waals surface area contributed by atoms with E-state index in [1.807, 2.05) is 62.4 Å². The van der Waals surface area contributed by atoms with E-state index in [4.69, 9.17) is 0 Å². The minimum atomic E-state index is -0.0925. The summed E-state index contributed by atoms with van der Waals surface area (Å²) < 4.78 is 1.57. The van der Waals surface area contributed by atoms with E-state index >= 15 is 0 Å². The number of aromatic nitrogens is 4. The lowest BCUT2D eigenvalue weighted by Crippen LogP contribution is -2.14. The van der Waals surface area contributed by atoms with Gasteiger partial charge in [-0.2, -0.15) is 0 Å². The molecular formula is C22H20N6O2S4. The van der Waals surface area contributed by atoms with Crippen LogP contribution in [-0.4, -0.2) is 43.7 Å². The van der Waals surface area contributed by atoms with Crippen molar-refractivity contribution >= 4 is 69.4 Å². The number of carbonyl (C=O) groups is 2. The highest BCUT2D eigenvalue weighted by Crippen LogP contribution is 2.25. The first-order valence-electron chi connectivity index (χ1n) is 10.1. The van der Waals surface area contributed by atoms with Crippen molar-refractivity contribution in [3.63, 3.8) is 0 Å². The highest BCUT2D eigenvalue weighted by molar-refractivity contribution is 8.01. The number of aryl methyl sites for hydroxylation is 2. The van der Waals surface area contributed by atoms with Gasteiger partial charge in [-0.15, -0.1) is 20.4 Å². The van der Waals surface area contributed by atoms with E-state index < -0.39 is 0 Å². The van der Waals surface area contributed by atoms with Crippen molar-refractivity contribution in [3.8, 4) is 11.1 Å². The predicted octanol–water partition coefficient (Wildman–Crippen LogP) is 5.14. The van der Waals surface area contributed by atoms with E-state index in [-0.39, 0.29) is 23.3 Å². The fraction of sp³-hybridized carbons (Fsp3) is 0.182. The van der Waals surface area contributed by atoms with Crippen LogP contribution in [0.2, 0.25) is 0 Å². The van der Waals surface area contributed by atoms with Gasteiger partial charge < -0.3 is 10.6 Å². The van der Waals surface area contributed by atoms with Crippen molar-refractivity contribution in [1.82, 2.24) is 20.4 Å². The van der Waals surface area contributed by atoms with Gasteiger partial charge in [-0.3, -0.25) is 9.59 Å². The maximum atomic E-state index is 12.2. The van der Waals surface area contributed by atoms with Crippen molar-refractivity contribution in [2.45, 2.75) is 22.5 Å². The zero-order chi connectivity index (χ0) is 23.9. The van der Waals surface area contributed by atoms with Gasteiger partial charge in [0.2, 0.25) is 11.8 Å². The molecule has 174 valence electrons. The van der Waals surface area contributed by atoms with Crippen LogP contribution in [0.5, 0.6) is 0 Å². The lowest BCUT2D eigenvalue weighted by molar-refractivity contribution is -0.114. The minimum absolute atomic E-state index is 0.0925. The third-order valence-electron chi connectivity index (χ3n) is 4.34. The summed E-state index contributed by atoms with van der Waals surface area (Å²) >= 11 is 5.69. The van der Waals surface area contributed by atoms with E-state index in [1.54, 1.807) is 0 Å². The molecule has 0 radical (unpaired) electrons. The van der Waals surface area contributed by atoms with Crippen LogP contribution in [0, 0.1) is 13.8 Å². The highest BCUT2D eigenvalue weighted by Gasteiger charge is 2.09. The van der Waals surface area contributed by atoms with E-state index in [1.165, 1.54) is 46.2 Å². The van der Waals surface area contributed by atoms with Crippen LogP contribution in [-0.2, 0) is 9.59 Å². The van der Waals surface area contributed by atoms with Crippen LogP contribution >= 0.6 is 46.2 Å². The minimum Gasteiger partial charge on any atom is -0.325 e. The van der Waals surface area contributed by atoms with E-state index in [0.717, 1.165) is 41.2 Å². The molecule has 0 aliphatic heterocycles. The van der Waals surface area contributed by atoms with Gasteiger partial charge in [0.15, 0.2) is 8.68 Å². The molecule has 2 N–H and O–H groups in total. The molecule has 2 aromatic heterocycles. The fourth-order valence-corrected chi connectivity index (χ4v) is 6.05. The third kappa shape index (κ3) is 7.10. The van der Waals surface area contributed by atoms with Gasteiger partial charge in [-0.25, -0.2) is 0 Å². The summed E-state index contributed by atoms with van der Waals surface area (Å²) in [5.74, 6) is 0.375. The Morgan fingerprint density at radius 2 is 1.06 bits per heavy atom. The van der Waals surface area contributed by atoms with Gasteiger partial charge in [0, 0.05) is 11.4 Å². The molecule has 0 bridgehead atoms. The number of anilines is 2. The molecule has 0 atom stereocenters. The van der Waals surface area contributed by atoms with Crippen LogP contribution < -0.4 is 10.6 Å². The van der Waals surface area contributed by atoms with Crippen molar-refractivity contribution in [3.05, 3.63) is 58.5 Å². The summed E-state index contributed by atoms with van der Waals surface area (Å²) in [6.07, 6.45) is 0. The van der Waals surface area contributed by atoms with Crippen molar-refractivity contribution in [2.75, 3.05) is 22.1 Å². The topological polar surface area (TPSA) is 110 Å². The molecule has 2 amide bonds. The molecule has 0 saturated heterocycles. The van der Waals surface area contributed by atoms with Crippen molar-refractivity contribution in [1.29, 1.82) is 0 Å². The number of thioether (sulfide) groups is 2. The predicted molar refractivity (Wildman–Crippen MR) is 140 cm³/mol. The van der Waals surface area contributed by atoms with Gasteiger partial charge >= 0.3 is 0 Å². The average molecular weight is 529 g/mol. The zero-order valence-corrected chi connectivity index (χ0v) is 21.5. The van der Waals surface area contributed by atoms with Crippen LogP contribution in [0.4, 0.5) is 11.4 Å². The normalized spacial score (nSPS) is 10.8. The Balaban J connectivity index is 1.26. The molecule has 4 aromatic rings. The summed E-state index contributed by atoms with van der Waals surface area (Å²) in [5.41, 5.74) is 3.48. The zero-order valence-electron chi connectivity index (χ0n) is 18.3. The number of carbonyl (C=O) groups excluding carboxylic acids is 2. The molecule has 2 heterocycles. The number of amides is 2. The maximum absolute atomic E-state index is 12.2. The van der Waals surface area contributed by atoms with Gasteiger partial charge in [0.25, 0.3) is 0 Å². The summed E-state index contributed by atoms with van der Waals surface area (Å²) in [7, 11) is 0. The van der Waals surface area contributed by atoms with Crippen LogP contribution in [0.15, 0.2) is 57.2 Å². The van der Waals surface area contributed by atoms with Gasteiger partial charge in [-0.1, -0.05) is 70.5 Å². The van der Waals surface area contributed by atoms with E-state index in [2.05, 4.69) is 31.0 Å². The molecule has 2 aromatic carbocycles. The SMILES string of the molecule is Cc1nnc(SCC(=O)Nc2ccc(-c3ccc(NC(=O)CSc4nnc(C)s4)cc3)cc2)s1. The van der Waals surface area contributed by atoms with E-state index in [9.17, 15) is 9.59 Å². The van der Waals surface area contributed by atoms with Crippen LogP contribution in [0.25, 0.3) is 11.1 Å². The quantitative estimate of drug-likeness (QED) is 0.288. The molecule has 0 saturated carbocycles. The molecule has 0 aliphatic carbocycles. The monoisotopic (exact) mass is 528 g/mol. The molecule has 0 aliphatic rings. The molecular weight excluding hydrogens is 509 g/mol. The Hall–Kier alpha value is -2.80. The number of rotatable bonds is 9. The molecule has 0 unspecified atom stereocenters. The number of benzene rings is 2. The Morgan fingerprint density at radius 3 is 1.38 bits per heavy atom. The van der Waals surface area contributed by atoms with Crippen molar-refractivity contribution < 1.29 is 9.59 Å². The molecule has 8 nitrogen and oxygen atoms in total. The highest BCUT2D eigenvalue weighted by atomic mass is 32.2. The first-order valence-corrected chi connectivity index (χ1v) is 13.7. The third-order valence-corrected chi connectivity index (χ3v) is 8.28. The molecule has 34 heavy (non-hydrogen) atoms. The Kier molecular flexibility index (Phi) is 8.27. The molecule has 12 heteroatoms. The summed E-state index contributed by atoms with van der Waals surface area (Å²) in [6, 6.07) is 15.3. The Morgan fingerprint density at radius 1 is 0.676 bits per heavy atom. The Labute approximate surface area is 213 Å². The lowest BCUT2D eigenvalue weighted by atomic mass is 10.0. The maximum Gasteiger partial charge on any atom is 0.234 e. The molecule has 0 fully saturated rings. The Bertz CT molecular complexity index is 1170. The smallest absolute Gasteiger partial charge is 0.234 e. The number of nitrogens with zero attached hydrogens (tertiary/aromatic N) is 4. The van der Waals surface area contributed by atoms with Gasteiger partial charge in [0.05, 0.1) is 11.5 Å². The van der Waals surface area contributed by atoms with Crippen LogP contribution in [0.3, 0.4) is 0 Å². The van der Waals surface area contributed by atoms with E-state index in [0.29, 0.717) is 0 Å². The molecule has 0 spiro atoms. The second-order valence-corrected chi connectivity index (χ2v) is 11.8. The average Bonchev–Trinajstić information content (AvgIpc) is 3.45. The summed E-state index contributed by atoms with van der Waals surface area (Å²) in [6.45, 7) is 3.77. The molecule has 4 rings (SSSR count). The first kappa shape index (κ1) is 24.3. The largest absolute Gasteiger partial charge is 0.325 e. The van der Waals surface area contributed by atoms with Crippen LogP contribution in [0.1, 0.15) is 10.0 Å². The number of hydrogen-bond acceptors (Lipinski definition) is 10. The second-order valence-electron chi connectivity index (χ2n) is 7.00. The lowest BCUT2D eigenvalue weighted by Gasteiger charge is -2.08. The van der Waals surface area contributed by atoms with Gasteiger partial charge in [-0.05, 0) is 49.2 Å². The standard InChI is InChI=1S/C22H20N6O2S4/c1-13-25-27-21(33-13)31-11-19(29)23-17-7-3-15(4-8-17)16-5-9-18(10-6-16)24-20(30)12-32-22-28-26-14(2)34-22/h3-10H,11-12H2,1-2H3,(H,23,29)(H,24,30). The fourth-order valence-electron chi connectivity index (χ4n) is 2.81. The second kappa shape index (κ2) is 11.6. The number of nitrogens with one attached hydrogen (secondary N) is 2. The number of hydrogen-bond donors (Lipinski definition) is 2. The summed E-state index contributed by atoms with van der Waals surface area (Å²) in [4.78, 5) is 24.4. The first-order chi connectivity index (χ1) is 16.4. The summed E-state index contributed by atoms with van der Waals surface area (Å²) in [5, 5.41) is 23.5. The van der Waals surface area contributed by atoms with Crippen molar-refractivity contribution in [2.24, 2.45) is 0 Å². The van der Waals surface area contributed by atoms with Gasteiger partial charge in [0.1, 0.15) is 10.0 Å².